The first kappa shape index (κ1) is 22.3. The summed E-state index contributed by atoms with van der Waals surface area (Å²) in [6.07, 6.45) is 7.88. The Labute approximate surface area is 192 Å². The van der Waals surface area contributed by atoms with Crippen LogP contribution in [0, 0.1) is 13.8 Å². The Bertz CT molecular complexity index is 1350. The van der Waals surface area contributed by atoms with E-state index in [1.807, 2.05) is 36.4 Å². The van der Waals surface area contributed by atoms with Crippen LogP contribution in [0.3, 0.4) is 0 Å². The van der Waals surface area contributed by atoms with E-state index in [2.05, 4.69) is 25.8 Å². The molecular formula is C26H30N2O3S. The lowest BCUT2D eigenvalue weighted by Crippen LogP contribution is -2.22. The maximum Gasteiger partial charge on any atom is 0.274 e. The van der Waals surface area contributed by atoms with E-state index >= 15 is 0 Å². The molecule has 0 aliphatic heterocycles. The highest BCUT2D eigenvalue weighted by molar-refractivity contribution is 7.15. The molecule has 5 nitrogen and oxygen atoms in total. The van der Waals surface area contributed by atoms with Gasteiger partial charge in [0, 0.05) is 0 Å². The zero-order valence-electron chi connectivity index (χ0n) is 19.2. The number of ether oxygens (including phenoxy) is 2. The van der Waals surface area contributed by atoms with Crippen molar-refractivity contribution in [2.45, 2.75) is 52.9 Å². The molecule has 0 radical (unpaired) electrons. The predicted octanol–water partition coefficient (Wildman–Crippen LogP) is 5.43. The van der Waals surface area contributed by atoms with Gasteiger partial charge < -0.3 is 9.47 Å². The Balaban J connectivity index is 1.60. The van der Waals surface area contributed by atoms with Gasteiger partial charge in [-0.2, -0.15) is 0 Å². The number of benzene rings is 2. The van der Waals surface area contributed by atoms with Crippen molar-refractivity contribution < 1.29 is 9.47 Å². The lowest BCUT2D eigenvalue weighted by Gasteiger charge is -2.11. The minimum absolute atomic E-state index is 0.0397. The van der Waals surface area contributed by atoms with Gasteiger partial charge in [0.1, 0.15) is 0 Å². The molecule has 4 aromatic rings. The summed E-state index contributed by atoms with van der Waals surface area (Å²) in [6, 6.07) is 9.88. The molecule has 0 aliphatic rings. The van der Waals surface area contributed by atoms with Crippen LogP contribution in [-0.2, 0) is 0 Å². The number of rotatable bonds is 9. The third-order valence-electron chi connectivity index (χ3n) is 5.85. The van der Waals surface area contributed by atoms with E-state index in [1.165, 1.54) is 42.6 Å². The fourth-order valence-corrected chi connectivity index (χ4v) is 4.84. The molecule has 0 spiro atoms. The smallest absolute Gasteiger partial charge is 0.274 e. The fourth-order valence-electron chi connectivity index (χ4n) is 3.85. The summed E-state index contributed by atoms with van der Waals surface area (Å²) >= 11 is 1.41. The molecule has 0 fully saturated rings. The largest absolute Gasteiger partial charge is 0.493 e. The van der Waals surface area contributed by atoms with E-state index in [9.17, 15) is 4.79 Å². The van der Waals surface area contributed by atoms with E-state index in [0.29, 0.717) is 16.9 Å². The number of imidazole rings is 1. The van der Waals surface area contributed by atoms with Gasteiger partial charge in [-0.3, -0.25) is 4.79 Å². The molecule has 0 N–H and O–H groups in total. The second kappa shape index (κ2) is 9.74. The average molecular weight is 451 g/mol. The number of hydrogen-bond donors (Lipinski definition) is 0. The number of hydrogen-bond acceptors (Lipinski definition) is 5. The van der Waals surface area contributed by atoms with E-state index in [0.717, 1.165) is 39.3 Å². The molecule has 0 saturated carbocycles. The van der Waals surface area contributed by atoms with Crippen LogP contribution in [0.15, 0.2) is 35.1 Å². The topological polar surface area (TPSA) is 52.8 Å². The summed E-state index contributed by atoms with van der Waals surface area (Å²) in [5.74, 6) is 1.41. The van der Waals surface area contributed by atoms with Crippen molar-refractivity contribution in [3.8, 4) is 11.5 Å². The van der Waals surface area contributed by atoms with Crippen molar-refractivity contribution in [1.29, 1.82) is 0 Å². The molecule has 32 heavy (non-hydrogen) atoms. The van der Waals surface area contributed by atoms with E-state index in [-0.39, 0.29) is 5.56 Å². The van der Waals surface area contributed by atoms with Gasteiger partial charge >= 0.3 is 0 Å². The molecule has 0 atom stereocenters. The molecule has 0 saturated heterocycles. The number of unbranched alkanes of at least 4 members (excludes halogenated alkanes) is 4. The maximum atomic E-state index is 13.1. The van der Waals surface area contributed by atoms with Gasteiger partial charge in [0.2, 0.25) is 0 Å². The van der Waals surface area contributed by atoms with Crippen LogP contribution < -0.4 is 19.6 Å². The highest BCUT2D eigenvalue weighted by atomic mass is 32.1. The molecule has 2 heterocycles. The molecular weight excluding hydrogens is 420 g/mol. The second-order valence-corrected chi connectivity index (χ2v) is 9.25. The van der Waals surface area contributed by atoms with Gasteiger partial charge in [0.05, 0.1) is 29.3 Å². The minimum Gasteiger partial charge on any atom is -0.493 e. The molecule has 0 aliphatic carbocycles. The maximum absolute atomic E-state index is 13.1. The average Bonchev–Trinajstić information content (AvgIpc) is 3.27. The molecule has 2 aromatic carbocycles. The fraction of sp³-hybridized carbons (Fsp3) is 0.385. The summed E-state index contributed by atoms with van der Waals surface area (Å²) < 4.78 is 13.8. The first-order chi connectivity index (χ1) is 15.5. The number of aromatic nitrogens is 2. The van der Waals surface area contributed by atoms with Gasteiger partial charge in [-0.15, -0.1) is 0 Å². The van der Waals surface area contributed by atoms with Crippen molar-refractivity contribution in [2.24, 2.45) is 0 Å². The first-order valence-corrected chi connectivity index (χ1v) is 12.1. The summed E-state index contributed by atoms with van der Waals surface area (Å²) in [6.45, 7) is 7.02. The number of nitrogens with zero attached hydrogens (tertiary/aromatic N) is 2. The van der Waals surface area contributed by atoms with Gasteiger partial charge in [0.25, 0.3) is 5.56 Å². The molecule has 0 bridgehead atoms. The molecule has 168 valence electrons. The summed E-state index contributed by atoms with van der Waals surface area (Å²) in [5, 5.41) is 0. The van der Waals surface area contributed by atoms with Crippen LogP contribution in [0.4, 0.5) is 0 Å². The summed E-state index contributed by atoms with van der Waals surface area (Å²) in [4.78, 5) is 18.5. The second-order valence-electron chi connectivity index (χ2n) is 8.24. The van der Waals surface area contributed by atoms with Crippen molar-refractivity contribution in [3.63, 3.8) is 0 Å². The zero-order valence-corrected chi connectivity index (χ0v) is 20.1. The Morgan fingerprint density at radius 2 is 1.81 bits per heavy atom. The van der Waals surface area contributed by atoms with Gasteiger partial charge in [-0.1, -0.05) is 50.0 Å². The van der Waals surface area contributed by atoms with Crippen molar-refractivity contribution in [2.75, 3.05) is 13.7 Å². The van der Waals surface area contributed by atoms with Gasteiger partial charge in [-0.25, -0.2) is 9.38 Å². The van der Waals surface area contributed by atoms with Crippen molar-refractivity contribution in [1.82, 2.24) is 9.38 Å². The lowest BCUT2D eigenvalue weighted by molar-refractivity contribution is 0.285. The quantitative estimate of drug-likeness (QED) is 0.319. The molecule has 6 heteroatoms. The molecule has 2 aromatic heterocycles. The zero-order chi connectivity index (χ0) is 22.7. The van der Waals surface area contributed by atoms with Crippen molar-refractivity contribution in [3.05, 3.63) is 61.9 Å². The predicted molar refractivity (Wildman–Crippen MR) is 132 cm³/mol. The molecule has 0 unspecified atom stereocenters. The van der Waals surface area contributed by atoms with Crippen LogP contribution in [0.1, 0.15) is 55.7 Å². The third-order valence-corrected chi connectivity index (χ3v) is 6.81. The van der Waals surface area contributed by atoms with Crippen LogP contribution >= 0.6 is 11.3 Å². The Morgan fingerprint density at radius 3 is 2.59 bits per heavy atom. The van der Waals surface area contributed by atoms with E-state index < -0.39 is 0 Å². The number of methoxy groups -OCH3 is 1. The minimum atomic E-state index is -0.0397. The normalized spacial score (nSPS) is 12.2. The van der Waals surface area contributed by atoms with E-state index in [4.69, 9.17) is 9.47 Å². The summed E-state index contributed by atoms with van der Waals surface area (Å²) in [7, 11) is 1.64. The number of fused-ring (bicyclic) bond motifs is 3. The molecule has 0 amide bonds. The Kier molecular flexibility index (Phi) is 6.80. The highest BCUT2D eigenvalue weighted by Gasteiger charge is 2.13. The van der Waals surface area contributed by atoms with Crippen LogP contribution in [-0.4, -0.2) is 23.1 Å². The van der Waals surface area contributed by atoms with Crippen LogP contribution in [0.25, 0.3) is 22.1 Å². The number of thiazole rings is 1. The lowest BCUT2D eigenvalue weighted by atomic mass is 10.1. The summed E-state index contributed by atoms with van der Waals surface area (Å²) in [5.41, 5.74) is 4.92. The Hall–Kier alpha value is -2.86. The SMILES string of the molecule is CCCCCCCOc1ccc(/C=c2\sc3nc4cc(C)c(C)cc4n3c2=O)cc1OC. The molecule has 4 rings (SSSR count). The third kappa shape index (κ3) is 4.51. The van der Waals surface area contributed by atoms with Gasteiger partial charge in [0.15, 0.2) is 16.5 Å². The Morgan fingerprint density at radius 1 is 1.03 bits per heavy atom. The van der Waals surface area contributed by atoms with Gasteiger partial charge in [-0.05, 0) is 67.3 Å². The number of aryl methyl sites for hydroxylation is 2. The van der Waals surface area contributed by atoms with Crippen molar-refractivity contribution >= 4 is 33.4 Å². The van der Waals surface area contributed by atoms with Crippen LogP contribution in [0.5, 0.6) is 11.5 Å². The first-order valence-electron chi connectivity index (χ1n) is 11.3. The van der Waals surface area contributed by atoms with Crippen LogP contribution in [0.2, 0.25) is 0 Å². The monoisotopic (exact) mass is 450 g/mol. The highest BCUT2D eigenvalue weighted by Crippen LogP contribution is 2.29. The van der Waals surface area contributed by atoms with E-state index in [1.54, 1.807) is 11.5 Å². The standard InChI is InChI=1S/C26H30N2O3S/c1-5-6-7-8-9-12-31-22-11-10-19(15-23(22)30-4)16-24-25(29)28-21-14-18(3)17(2)13-20(21)27-26(28)32-24/h10-11,13-16H,5-9,12H2,1-4H3/b24-16-.